The van der Waals surface area contributed by atoms with Crippen molar-refractivity contribution in [3.05, 3.63) is 70.2 Å². The third-order valence-electron chi connectivity index (χ3n) is 6.38. The van der Waals surface area contributed by atoms with Gasteiger partial charge in [-0.1, -0.05) is 42.3 Å². The SMILES string of the molecule is FC(F)(F)c1ccc(COC2CCCN(C(c3ccc(Cl)cc3)C3CCC3)C2)cc1. The van der Waals surface area contributed by atoms with Gasteiger partial charge < -0.3 is 4.74 Å². The first-order valence-corrected chi connectivity index (χ1v) is 11.1. The van der Waals surface area contributed by atoms with Crippen LogP contribution in [-0.4, -0.2) is 24.1 Å². The second-order valence-electron chi connectivity index (χ2n) is 8.45. The van der Waals surface area contributed by atoms with Gasteiger partial charge in [0.1, 0.15) is 0 Å². The van der Waals surface area contributed by atoms with Gasteiger partial charge in [-0.2, -0.15) is 13.2 Å². The van der Waals surface area contributed by atoms with E-state index in [1.165, 1.54) is 37.0 Å². The molecule has 1 aliphatic carbocycles. The van der Waals surface area contributed by atoms with Crippen LogP contribution in [0.2, 0.25) is 5.02 Å². The lowest BCUT2D eigenvalue weighted by molar-refractivity contribution is -0.137. The summed E-state index contributed by atoms with van der Waals surface area (Å²) in [5.41, 5.74) is 1.46. The van der Waals surface area contributed by atoms with Crippen LogP contribution in [0.5, 0.6) is 0 Å². The summed E-state index contributed by atoms with van der Waals surface area (Å²) in [6.45, 7) is 2.24. The van der Waals surface area contributed by atoms with Crippen LogP contribution < -0.4 is 0 Å². The number of hydrogen-bond donors (Lipinski definition) is 0. The summed E-state index contributed by atoms with van der Waals surface area (Å²) >= 11 is 6.09. The van der Waals surface area contributed by atoms with Crippen LogP contribution in [-0.2, 0) is 17.5 Å². The molecular formula is C24H27ClF3NO. The molecule has 1 heterocycles. The first kappa shape index (κ1) is 21.7. The Bertz CT molecular complexity index is 818. The number of rotatable bonds is 6. The molecule has 4 rings (SSSR count). The second kappa shape index (κ2) is 9.29. The summed E-state index contributed by atoms with van der Waals surface area (Å²) in [5.74, 6) is 0.667. The highest BCUT2D eigenvalue weighted by Crippen LogP contribution is 2.42. The molecule has 2 aliphatic rings. The number of ether oxygens (including phenoxy) is 1. The number of piperidine rings is 1. The summed E-state index contributed by atoms with van der Waals surface area (Å²) < 4.78 is 44.3. The molecule has 1 saturated heterocycles. The average molecular weight is 438 g/mol. The highest BCUT2D eigenvalue weighted by Gasteiger charge is 2.35. The Morgan fingerprint density at radius 3 is 2.27 bits per heavy atom. The molecule has 0 radical (unpaired) electrons. The number of alkyl halides is 3. The van der Waals surface area contributed by atoms with Gasteiger partial charge >= 0.3 is 6.18 Å². The predicted octanol–water partition coefficient (Wildman–Crippen LogP) is 6.88. The minimum absolute atomic E-state index is 0.0934. The quantitative estimate of drug-likeness (QED) is 0.488. The zero-order chi connectivity index (χ0) is 21.1. The van der Waals surface area contributed by atoms with Gasteiger partial charge in [0.25, 0.3) is 0 Å². The molecule has 2 fully saturated rings. The lowest BCUT2D eigenvalue weighted by Crippen LogP contribution is -2.45. The Morgan fingerprint density at radius 2 is 1.67 bits per heavy atom. The molecule has 0 aromatic heterocycles. The van der Waals surface area contributed by atoms with E-state index < -0.39 is 11.7 Å². The molecular weight excluding hydrogens is 411 g/mol. The van der Waals surface area contributed by atoms with E-state index in [1.54, 1.807) is 0 Å². The Morgan fingerprint density at radius 1 is 0.967 bits per heavy atom. The Balaban J connectivity index is 1.38. The van der Waals surface area contributed by atoms with E-state index in [-0.39, 0.29) is 6.10 Å². The maximum atomic E-state index is 12.7. The summed E-state index contributed by atoms with van der Waals surface area (Å²) in [6.07, 6.45) is 1.62. The van der Waals surface area contributed by atoms with Gasteiger partial charge in [-0.05, 0) is 73.5 Å². The number of halogens is 4. The fourth-order valence-corrected chi connectivity index (χ4v) is 4.68. The summed E-state index contributed by atoms with van der Waals surface area (Å²) in [5, 5.41) is 0.752. The fraction of sp³-hybridized carbons (Fsp3) is 0.500. The first-order valence-electron chi connectivity index (χ1n) is 10.7. The van der Waals surface area contributed by atoms with Crippen molar-refractivity contribution >= 4 is 11.6 Å². The standard InChI is InChI=1S/C24H27ClF3NO/c25-21-12-8-19(9-13-21)23(18-3-1-4-18)29-14-2-5-22(15-29)30-16-17-6-10-20(11-7-17)24(26,27)28/h6-13,18,22-23H,1-5,14-16H2. The molecule has 2 unspecified atom stereocenters. The van der Waals surface area contributed by atoms with Crippen LogP contribution in [0.3, 0.4) is 0 Å². The van der Waals surface area contributed by atoms with Crippen LogP contribution in [0.25, 0.3) is 0 Å². The van der Waals surface area contributed by atoms with Crippen molar-refractivity contribution in [1.29, 1.82) is 0 Å². The monoisotopic (exact) mass is 437 g/mol. The van der Waals surface area contributed by atoms with Gasteiger partial charge in [-0.3, -0.25) is 4.90 Å². The smallest absolute Gasteiger partial charge is 0.372 e. The van der Waals surface area contributed by atoms with Crippen molar-refractivity contribution < 1.29 is 17.9 Å². The van der Waals surface area contributed by atoms with Gasteiger partial charge in [0.05, 0.1) is 18.3 Å². The maximum absolute atomic E-state index is 12.7. The normalized spacial score (nSPS) is 21.9. The van der Waals surface area contributed by atoms with E-state index in [4.69, 9.17) is 16.3 Å². The average Bonchev–Trinajstić information content (AvgIpc) is 2.70. The Labute approximate surface area is 181 Å². The van der Waals surface area contributed by atoms with Crippen LogP contribution in [0.1, 0.15) is 54.8 Å². The molecule has 1 saturated carbocycles. The largest absolute Gasteiger partial charge is 0.416 e. The zero-order valence-electron chi connectivity index (χ0n) is 16.9. The van der Waals surface area contributed by atoms with Crippen molar-refractivity contribution in [2.45, 2.75) is 57.0 Å². The maximum Gasteiger partial charge on any atom is 0.416 e. The number of hydrogen-bond acceptors (Lipinski definition) is 2. The third-order valence-corrected chi connectivity index (χ3v) is 6.63. The van der Waals surface area contributed by atoms with Crippen LogP contribution in [0, 0.1) is 5.92 Å². The van der Waals surface area contributed by atoms with Gasteiger partial charge in [0, 0.05) is 17.6 Å². The number of likely N-dealkylation sites (tertiary alicyclic amines) is 1. The van der Waals surface area contributed by atoms with E-state index in [0.717, 1.165) is 48.6 Å². The van der Waals surface area contributed by atoms with Crippen molar-refractivity contribution in [3.8, 4) is 0 Å². The molecule has 30 heavy (non-hydrogen) atoms. The minimum Gasteiger partial charge on any atom is -0.372 e. The lowest BCUT2D eigenvalue weighted by atomic mass is 9.76. The Kier molecular flexibility index (Phi) is 6.71. The van der Waals surface area contributed by atoms with Crippen molar-refractivity contribution in [2.75, 3.05) is 13.1 Å². The highest BCUT2D eigenvalue weighted by molar-refractivity contribution is 6.30. The van der Waals surface area contributed by atoms with Gasteiger partial charge in [0.2, 0.25) is 0 Å². The fourth-order valence-electron chi connectivity index (χ4n) is 4.56. The lowest BCUT2D eigenvalue weighted by Gasteiger charge is -2.45. The molecule has 0 spiro atoms. The van der Waals surface area contributed by atoms with Crippen molar-refractivity contribution in [2.24, 2.45) is 5.92 Å². The van der Waals surface area contributed by atoms with E-state index in [0.29, 0.717) is 18.6 Å². The molecule has 162 valence electrons. The molecule has 2 atom stereocenters. The molecule has 0 N–H and O–H groups in total. The molecule has 0 bridgehead atoms. The third kappa shape index (κ3) is 5.19. The molecule has 6 heteroatoms. The van der Waals surface area contributed by atoms with Crippen molar-refractivity contribution in [1.82, 2.24) is 4.90 Å². The topological polar surface area (TPSA) is 12.5 Å². The van der Waals surface area contributed by atoms with Gasteiger partial charge in [-0.25, -0.2) is 0 Å². The summed E-state index contributed by atoms with van der Waals surface area (Å²) in [6, 6.07) is 13.8. The predicted molar refractivity (Wildman–Crippen MR) is 112 cm³/mol. The van der Waals surface area contributed by atoms with Crippen LogP contribution in [0.4, 0.5) is 13.2 Å². The van der Waals surface area contributed by atoms with Gasteiger partial charge in [-0.15, -0.1) is 0 Å². The molecule has 1 aliphatic heterocycles. The molecule has 2 nitrogen and oxygen atoms in total. The first-order chi connectivity index (χ1) is 14.4. The van der Waals surface area contributed by atoms with E-state index in [2.05, 4.69) is 17.0 Å². The second-order valence-corrected chi connectivity index (χ2v) is 8.89. The summed E-state index contributed by atoms with van der Waals surface area (Å²) in [4.78, 5) is 2.54. The molecule has 2 aromatic rings. The van der Waals surface area contributed by atoms with E-state index in [1.807, 2.05) is 12.1 Å². The highest BCUT2D eigenvalue weighted by atomic mass is 35.5. The van der Waals surface area contributed by atoms with Crippen LogP contribution in [0.15, 0.2) is 48.5 Å². The minimum atomic E-state index is -4.30. The van der Waals surface area contributed by atoms with Gasteiger partial charge in [0.15, 0.2) is 0 Å². The zero-order valence-corrected chi connectivity index (χ0v) is 17.6. The van der Waals surface area contributed by atoms with Crippen LogP contribution >= 0.6 is 11.6 Å². The number of nitrogens with zero attached hydrogens (tertiary/aromatic N) is 1. The Hall–Kier alpha value is -1.56. The van der Waals surface area contributed by atoms with Crippen molar-refractivity contribution in [3.63, 3.8) is 0 Å². The van der Waals surface area contributed by atoms with E-state index >= 15 is 0 Å². The number of benzene rings is 2. The molecule has 2 aromatic carbocycles. The molecule has 0 amide bonds. The van der Waals surface area contributed by atoms with E-state index in [9.17, 15) is 13.2 Å². The summed E-state index contributed by atoms with van der Waals surface area (Å²) in [7, 11) is 0.